The summed E-state index contributed by atoms with van der Waals surface area (Å²) in [4.78, 5) is 31.8. The molecule has 0 aromatic heterocycles. The Kier molecular flexibility index (Phi) is 6.44. The molecule has 3 aliphatic heterocycles. The van der Waals surface area contributed by atoms with E-state index in [0.29, 0.717) is 27.8 Å². The van der Waals surface area contributed by atoms with Gasteiger partial charge in [-0.3, -0.25) is 9.59 Å². The predicted octanol–water partition coefficient (Wildman–Crippen LogP) is 4.45. The zero-order chi connectivity index (χ0) is 21.1. The number of piperidine rings is 2. The topological polar surface area (TPSA) is 52.7 Å². The molecule has 1 aromatic carbocycles. The van der Waals surface area contributed by atoms with Gasteiger partial charge in [-0.05, 0) is 63.0 Å². The molecule has 0 spiro atoms. The maximum Gasteiger partial charge on any atom is 0.256 e. The van der Waals surface area contributed by atoms with Gasteiger partial charge in [-0.25, -0.2) is 0 Å². The number of allylic oxidation sites excluding steroid dienone is 2. The zero-order valence-electron chi connectivity index (χ0n) is 17.4. The quantitative estimate of drug-likeness (QED) is 0.730. The third-order valence-corrected chi connectivity index (χ3v) is 7.24. The summed E-state index contributed by atoms with van der Waals surface area (Å²) in [6.07, 6.45) is 9.27. The highest BCUT2D eigenvalue weighted by Crippen LogP contribution is 2.39. The van der Waals surface area contributed by atoms with E-state index in [9.17, 15) is 9.59 Å². The molecule has 3 aliphatic rings. The van der Waals surface area contributed by atoms with Crippen LogP contribution in [0.25, 0.3) is 0 Å². The van der Waals surface area contributed by atoms with Crippen molar-refractivity contribution in [2.24, 2.45) is 0 Å². The third-order valence-electron chi connectivity index (χ3n) is 6.20. The fourth-order valence-corrected chi connectivity index (χ4v) is 5.43. The second-order valence-electron chi connectivity index (χ2n) is 8.13. The molecule has 0 radical (unpaired) electrons. The minimum Gasteiger partial charge on any atom is -0.339 e. The smallest absolute Gasteiger partial charge is 0.256 e. The average molecular weight is 424 g/mol. The Labute approximate surface area is 182 Å². The van der Waals surface area contributed by atoms with Gasteiger partial charge >= 0.3 is 0 Å². The van der Waals surface area contributed by atoms with Crippen molar-refractivity contribution in [2.75, 3.05) is 31.5 Å². The van der Waals surface area contributed by atoms with Crippen LogP contribution >= 0.6 is 11.8 Å². The van der Waals surface area contributed by atoms with Gasteiger partial charge in [0.2, 0.25) is 0 Å². The Morgan fingerprint density at radius 1 is 1.13 bits per heavy atom. The van der Waals surface area contributed by atoms with E-state index in [-0.39, 0.29) is 11.8 Å². The number of rotatable bonds is 3. The summed E-state index contributed by atoms with van der Waals surface area (Å²) in [6.45, 7) is 11.7. The van der Waals surface area contributed by atoms with Crippen molar-refractivity contribution < 1.29 is 9.59 Å². The minimum absolute atomic E-state index is 0.0408. The van der Waals surface area contributed by atoms with E-state index in [1.165, 1.54) is 44.1 Å². The van der Waals surface area contributed by atoms with Crippen LogP contribution < -0.4 is 5.32 Å². The lowest BCUT2D eigenvalue weighted by atomic mass is 9.99. The lowest BCUT2D eigenvalue weighted by molar-refractivity contribution is -0.112. The van der Waals surface area contributed by atoms with Gasteiger partial charge in [0.15, 0.2) is 0 Å². The summed E-state index contributed by atoms with van der Waals surface area (Å²) in [6, 6.07) is 6.16. The van der Waals surface area contributed by atoms with Gasteiger partial charge in [-0.2, -0.15) is 0 Å². The monoisotopic (exact) mass is 423 g/mol. The van der Waals surface area contributed by atoms with E-state index in [0.717, 1.165) is 30.8 Å². The Bertz CT molecular complexity index is 894. The van der Waals surface area contributed by atoms with E-state index >= 15 is 0 Å². The van der Waals surface area contributed by atoms with Crippen LogP contribution in [0, 0.1) is 0 Å². The molecule has 4 rings (SSSR count). The van der Waals surface area contributed by atoms with Crippen molar-refractivity contribution in [3.8, 4) is 0 Å². The second kappa shape index (κ2) is 9.23. The van der Waals surface area contributed by atoms with Gasteiger partial charge in [-0.15, -0.1) is 0 Å². The molecular weight excluding hydrogens is 394 g/mol. The van der Waals surface area contributed by atoms with Crippen molar-refractivity contribution in [2.45, 2.75) is 43.0 Å². The fourth-order valence-electron chi connectivity index (χ4n) is 4.54. The molecule has 0 unspecified atom stereocenters. The normalized spacial score (nSPS) is 22.4. The molecule has 3 heterocycles. The minimum atomic E-state index is -0.224. The summed E-state index contributed by atoms with van der Waals surface area (Å²) in [5.74, 6) is -0.183. The number of anilines is 1. The first-order valence-electron chi connectivity index (χ1n) is 10.8. The van der Waals surface area contributed by atoms with Gasteiger partial charge in [0.25, 0.3) is 11.8 Å². The number of fused-ring (bicyclic) bond motifs is 1. The molecule has 158 valence electrons. The number of carbonyl (C=O) groups excluding carboxylic acids is 2. The number of carbonyl (C=O) groups is 2. The number of hydrogen-bond acceptors (Lipinski definition) is 4. The van der Waals surface area contributed by atoms with Crippen LogP contribution in [0.15, 0.2) is 58.9 Å². The molecular formula is C24H29N3O2S. The summed E-state index contributed by atoms with van der Waals surface area (Å²) < 4.78 is 0. The molecule has 1 aromatic rings. The van der Waals surface area contributed by atoms with Crippen molar-refractivity contribution in [1.82, 2.24) is 9.80 Å². The standard InChI is InChI=1S/C24H29N3O2S/c1-3-7-20-17(2)30-22-9-8-18(16-21(22)25-23(20)28)24(29)27-14-10-19(11-15-27)26-12-5-4-6-13-26/h3,7-9,16,19H,1-2,4-6,10-15H2,(H,25,28)/b20-7+. The molecule has 2 fully saturated rings. The maximum absolute atomic E-state index is 13.1. The number of likely N-dealkylation sites (tertiary alicyclic amines) is 2. The molecule has 30 heavy (non-hydrogen) atoms. The number of nitrogens with zero attached hydrogens (tertiary/aromatic N) is 2. The van der Waals surface area contributed by atoms with Crippen LogP contribution in [-0.2, 0) is 4.79 Å². The molecule has 2 saturated heterocycles. The highest BCUT2D eigenvalue weighted by Gasteiger charge is 2.29. The first kappa shape index (κ1) is 20.9. The number of amides is 2. The van der Waals surface area contributed by atoms with Crippen molar-refractivity contribution >= 4 is 29.3 Å². The van der Waals surface area contributed by atoms with Crippen molar-refractivity contribution in [3.63, 3.8) is 0 Å². The number of benzene rings is 1. The van der Waals surface area contributed by atoms with Crippen LogP contribution in [-0.4, -0.2) is 53.8 Å². The van der Waals surface area contributed by atoms with E-state index in [1.807, 2.05) is 17.0 Å². The van der Waals surface area contributed by atoms with E-state index in [2.05, 4.69) is 23.4 Å². The second-order valence-corrected chi connectivity index (χ2v) is 9.26. The maximum atomic E-state index is 13.1. The average Bonchev–Trinajstić information content (AvgIpc) is 2.89. The highest BCUT2D eigenvalue weighted by atomic mass is 32.2. The molecule has 1 N–H and O–H groups in total. The van der Waals surface area contributed by atoms with Crippen LogP contribution in [0.3, 0.4) is 0 Å². The first-order chi connectivity index (χ1) is 14.6. The Morgan fingerprint density at radius 3 is 2.57 bits per heavy atom. The van der Waals surface area contributed by atoms with Crippen LogP contribution in [0.4, 0.5) is 5.69 Å². The van der Waals surface area contributed by atoms with Gasteiger partial charge in [0.1, 0.15) is 0 Å². The molecule has 0 atom stereocenters. The fraction of sp³-hybridized carbons (Fsp3) is 0.417. The lowest BCUT2D eigenvalue weighted by Gasteiger charge is -2.40. The molecule has 6 heteroatoms. The van der Waals surface area contributed by atoms with Gasteiger partial charge in [-0.1, -0.05) is 37.4 Å². The van der Waals surface area contributed by atoms with Crippen LogP contribution in [0.5, 0.6) is 0 Å². The van der Waals surface area contributed by atoms with Gasteiger partial charge in [0.05, 0.1) is 11.3 Å². The summed E-state index contributed by atoms with van der Waals surface area (Å²) in [5.41, 5.74) is 1.78. The third kappa shape index (κ3) is 4.40. The van der Waals surface area contributed by atoms with E-state index in [1.54, 1.807) is 18.2 Å². The van der Waals surface area contributed by atoms with E-state index in [4.69, 9.17) is 0 Å². The summed E-state index contributed by atoms with van der Waals surface area (Å²) in [7, 11) is 0. The number of hydrogen-bond donors (Lipinski definition) is 1. The van der Waals surface area contributed by atoms with Crippen molar-refractivity contribution in [3.05, 3.63) is 59.6 Å². The lowest BCUT2D eigenvalue weighted by Crippen LogP contribution is -2.48. The Hall–Kier alpha value is -2.31. The highest BCUT2D eigenvalue weighted by molar-refractivity contribution is 8.03. The predicted molar refractivity (Wildman–Crippen MR) is 123 cm³/mol. The van der Waals surface area contributed by atoms with Crippen LogP contribution in [0.1, 0.15) is 42.5 Å². The molecule has 0 aliphatic carbocycles. The number of thioether (sulfide) groups is 1. The zero-order valence-corrected chi connectivity index (χ0v) is 18.2. The van der Waals surface area contributed by atoms with Crippen molar-refractivity contribution in [1.29, 1.82) is 0 Å². The Balaban J connectivity index is 1.44. The number of nitrogens with one attached hydrogen (secondary N) is 1. The van der Waals surface area contributed by atoms with Gasteiger partial charge in [0, 0.05) is 34.5 Å². The summed E-state index contributed by atoms with van der Waals surface area (Å²) >= 11 is 1.43. The molecule has 2 amide bonds. The van der Waals surface area contributed by atoms with Gasteiger partial charge < -0.3 is 15.1 Å². The van der Waals surface area contributed by atoms with E-state index < -0.39 is 0 Å². The largest absolute Gasteiger partial charge is 0.339 e. The molecule has 5 nitrogen and oxygen atoms in total. The Morgan fingerprint density at radius 2 is 1.87 bits per heavy atom. The van der Waals surface area contributed by atoms with Crippen LogP contribution in [0.2, 0.25) is 0 Å². The SMILES string of the molecule is C=C/C=C1\C(=C)Sc2ccc(C(=O)N3CCC(N4CCCCC4)CC3)cc2NC1=O. The molecule has 0 bridgehead atoms. The molecule has 0 saturated carbocycles. The first-order valence-corrected chi connectivity index (χ1v) is 11.6. The summed E-state index contributed by atoms with van der Waals surface area (Å²) in [5, 5.41) is 2.92.